The van der Waals surface area contributed by atoms with Gasteiger partial charge in [-0.1, -0.05) is 38.5 Å². The van der Waals surface area contributed by atoms with Crippen LogP contribution < -0.4 is 17.0 Å². The number of aromatic nitrogens is 4. The monoisotopic (exact) mass is 480 g/mol. The Morgan fingerprint density at radius 3 is 2.49 bits per heavy atom. The number of carbonyl (C=O) groups excluding carboxylic acids is 1. The van der Waals surface area contributed by atoms with Crippen LogP contribution in [0, 0.1) is 0 Å². The van der Waals surface area contributed by atoms with Crippen LogP contribution in [-0.2, 0) is 11.3 Å². The SMILES string of the molecule is COCCCn1c2ccc(C(N)=O)cc2n2c(=O)n(C3CCCCC3)c(=NC3CCCCC3)nc12. The van der Waals surface area contributed by atoms with E-state index in [9.17, 15) is 9.59 Å². The molecule has 9 nitrogen and oxygen atoms in total. The minimum absolute atomic E-state index is 0.0919. The zero-order valence-corrected chi connectivity index (χ0v) is 20.6. The molecule has 2 heterocycles. The van der Waals surface area contributed by atoms with Crippen molar-refractivity contribution < 1.29 is 9.53 Å². The maximum atomic E-state index is 14.2. The highest BCUT2D eigenvalue weighted by atomic mass is 16.5. The molecule has 9 heteroatoms. The van der Waals surface area contributed by atoms with Crippen LogP contribution in [0.1, 0.15) is 87.0 Å². The van der Waals surface area contributed by atoms with Gasteiger partial charge < -0.3 is 15.0 Å². The number of benzene rings is 1. The summed E-state index contributed by atoms with van der Waals surface area (Å²) in [5.74, 6) is 0.0432. The summed E-state index contributed by atoms with van der Waals surface area (Å²) >= 11 is 0. The molecule has 5 rings (SSSR count). The van der Waals surface area contributed by atoms with Gasteiger partial charge in [0, 0.05) is 31.9 Å². The first kappa shape index (κ1) is 23.8. The smallest absolute Gasteiger partial charge is 0.338 e. The first-order chi connectivity index (χ1) is 17.1. The molecule has 1 aromatic carbocycles. The molecular formula is C26H36N6O3. The van der Waals surface area contributed by atoms with Gasteiger partial charge in [-0.25, -0.2) is 14.2 Å². The second-order valence-electron chi connectivity index (χ2n) is 9.98. The Morgan fingerprint density at radius 2 is 1.80 bits per heavy atom. The Bertz CT molecular complexity index is 1340. The topological polar surface area (TPSA) is 109 Å². The third kappa shape index (κ3) is 4.66. The van der Waals surface area contributed by atoms with Crippen molar-refractivity contribution >= 4 is 22.7 Å². The number of nitrogens with two attached hydrogens (primary N) is 1. The molecule has 0 spiro atoms. The lowest BCUT2D eigenvalue weighted by atomic mass is 9.95. The van der Waals surface area contributed by atoms with E-state index in [-0.39, 0.29) is 17.8 Å². The van der Waals surface area contributed by atoms with Crippen molar-refractivity contribution in [3.8, 4) is 0 Å². The van der Waals surface area contributed by atoms with Gasteiger partial charge in [0.05, 0.1) is 17.1 Å². The lowest BCUT2D eigenvalue weighted by molar-refractivity contribution is 0.100. The first-order valence-corrected chi connectivity index (χ1v) is 13.1. The van der Waals surface area contributed by atoms with Crippen molar-refractivity contribution in [3.63, 3.8) is 0 Å². The van der Waals surface area contributed by atoms with Crippen molar-refractivity contribution in [2.24, 2.45) is 10.7 Å². The number of aryl methyl sites for hydroxylation is 1. The number of nitrogens with zero attached hydrogens (tertiary/aromatic N) is 5. The second kappa shape index (κ2) is 10.4. The molecule has 2 N–H and O–H groups in total. The third-order valence-corrected chi connectivity index (χ3v) is 7.59. The summed E-state index contributed by atoms with van der Waals surface area (Å²) in [6.45, 7) is 1.24. The van der Waals surface area contributed by atoms with Crippen LogP contribution in [0.15, 0.2) is 28.0 Å². The molecule has 1 amide bonds. The average molecular weight is 481 g/mol. The summed E-state index contributed by atoms with van der Waals surface area (Å²) in [5.41, 5.74) is 7.88. The quantitative estimate of drug-likeness (QED) is 0.523. The van der Waals surface area contributed by atoms with Crippen molar-refractivity contribution in [2.45, 2.75) is 89.3 Å². The van der Waals surface area contributed by atoms with Crippen LogP contribution in [0.4, 0.5) is 0 Å². The fourth-order valence-electron chi connectivity index (χ4n) is 5.77. The van der Waals surface area contributed by atoms with E-state index in [1.165, 1.54) is 25.7 Å². The fourth-order valence-corrected chi connectivity index (χ4v) is 5.77. The molecule has 0 atom stereocenters. The molecule has 2 fully saturated rings. The van der Waals surface area contributed by atoms with Gasteiger partial charge in [0.1, 0.15) is 0 Å². The summed E-state index contributed by atoms with van der Waals surface area (Å²) in [4.78, 5) is 36.3. The fraction of sp³-hybridized carbons (Fsp3) is 0.615. The zero-order chi connectivity index (χ0) is 24.4. The minimum Gasteiger partial charge on any atom is -0.385 e. The summed E-state index contributed by atoms with van der Waals surface area (Å²) in [6, 6.07) is 5.59. The first-order valence-electron chi connectivity index (χ1n) is 13.1. The summed E-state index contributed by atoms with van der Waals surface area (Å²) in [7, 11) is 1.68. The van der Waals surface area contributed by atoms with Gasteiger partial charge in [-0.15, -0.1) is 0 Å². The van der Waals surface area contributed by atoms with Crippen molar-refractivity contribution in [2.75, 3.05) is 13.7 Å². The van der Waals surface area contributed by atoms with Gasteiger partial charge >= 0.3 is 5.69 Å². The predicted octanol–water partition coefficient (Wildman–Crippen LogP) is 3.32. The van der Waals surface area contributed by atoms with Crippen LogP contribution in [-0.4, -0.2) is 44.2 Å². The Kier molecular flexibility index (Phi) is 7.04. The molecule has 2 saturated carbocycles. The standard InChI is InChI=1S/C26H36N6O3/c1-35-16-8-15-30-21-14-13-18(23(27)33)17-22(21)32-25(30)29-24(28-19-9-4-2-5-10-19)31(26(32)34)20-11-6-3-7-12-20/h13-14,17,19-20H,2-12,15-16H2,1H3,(H2,27,33). The van der Waals surface area contributed by atoms with Crippen LogP contribution in [0.2, 0.25) is 0 Å². The Morgan fingerprint density at radius 1 is 1.09 bits per heavy atom. The highest BCUT2D eigenvalue weighted by molar-refractivity contribution is 5.97. The molecule has 2 aliphatic rings. The molecule has 3 aromatic rings. The van der Waals surface area contributed by atoms with E-state index in [4.69, 9.17) is 20.4 Å². The molecule has 188 valence electrons. The maximum Gasteiger partial charge on any atom is 0.338 e. The molecule has 0 radical (unpaired) electrons. The number of rotatable bonds is 7. The minimum atomic E-state index is -0.516. The normalized spacial score (nSPS) is 18.6. The molecule has 0 aliphatic heterocycles. The van der Waals surface area contributed by atoms with Crippen LogP contribution >= 0.6 is 0 Å². The number of imidazole rings is 1. The van der Waals surface area contributed by atoms with Crippen molar-refractivity contribution in [3.05, 3.63) is 39.9 Å². The van der Waals surface area contributed by atoms with Gasteiger partial charge in [0.15, 0.2) is 0 Å². The van der Waals surface area contributed by atoms with E-state index in [0.717, 1.165) is 50.5 Å². The highest BCUT2D eigenvalue weighted by Crippen LogP contribution is 2.27. The molecule has 0 unspecified atom stereocenters. The summed E-state index contributed by atoms with van der Waals surface area (Å²) in [5, 5.41) is 0. The molecule has 0 saturated heterocycles. The van der Waals surface area contributed by atoms with Gasteiger partial charge in [-0.3, -0.25) is 9.36 Å². The lowest BCUT2D eigenvalue weighted by Gasteiger charge is -2.24. The molecule has 0 bridgehead atoms. The van der Waals surface area contributed by atoms with Gasteiger partial charge in [-0.05, 0) is 50.3 Å². The number of amides is 1. The van der Waals surface area contributed by atoms with E-state index < -0.39 is 5.91 Å². The largest absolute Gasteiger partial charge is 0.385 e. The Labute approximate surface area is 204 Å². The molecule has 35 heavy (non-hydrogen) atoms. The highest BCUT2D eigenvalue weighted by Gasteiger charge is 2.24. The average Bonchev–Trinajstić information content (AvgIpc) is 3.18. The van der Waals surface area contributed by atoms with Crippen LogP contribution in [0.25, 0.3) is 16.8 Å². The maximum absolute atomic E-state index is 14.2. The van der Waals surface area contributed by atoms with Gasteiger partial charge in [-0.2, -0.15) is 4.98 Å². The molecule has 2 aliphatic carbocycles. The Hall–Kier alpha value is -2.94. The molecular weight excluding hydrogens is 444 g/mol. The predicted molar refractivity (Wildman–Crippen MR) is 135 cm³/mol. The summed E-state index contributed by atoms with van der Waals surface area (Å²) < 4.78 is 10.8. The van der Waals surface area contributed by atoms with E-state index in [1.54, 1.807) is 23.6 Å². The molecule has 2 aromatic heterocycles. The number of primary amides is 1. The number of hydrogen-bond donors (Lipinski definition) is 1. The summed E-state index contributed by atoms with van der Waals surface area (Å²) in [6.07, 6.45) is 11.8. The number of hydrogen-bond acceptors (Lipinski definition) is 5. The van der Waals surface area contributed by atoms with Crippen LogP contribution in [0.5, 0.6) is 0 Å². The van der Waals surface area contributed by atoms with Gasteiger partial charge in [0.25, 0.3) is 0 Å². The van der Waals surface area contributed by atoms with Gasteiger partial charge in [0.2, 0.25) is 17.3 Å². The van der Waals surface area contributed by atoms with E-state index in [1.807, 2.05) is 15.2 Å². The zero-order valence-electron chi connectivity index (χ0n) is 20.6. The van der Waals surface area contributed by atoms with Crippen LogP contribution in [0.3, 0.4) is 0 Å². The van der Waals surface area contributed by atoms with Crippen molar-refractivity contribution in [1.29, 1.82) is 0 Å². The number of carbonyl (C=O) groups is 1. The van der Waals surface area contributed by atoms with E-state index in [2.05, 4.69) is 0 Å². The number of ether oxygens (including phenoxy) is 1. The van der Waals surface area contributed by atoms with E-state index in [0.29, 0.717) is 35.6 Å². The van der Waals surface area contributed by atoms with E-state index >= 15 is 0 Å². The Balaban J connectivity index is 1.80. The van der Waals surface area contributed by atoms with Crippen molar-refractivity contribution in [1.82, 2.24) is 18.5 Å². The number of methoxy groups -OCH3 is 1. The third-order valence-electron chi connectivity index (χ3n) is 7.59. The number of fused-ring (bicyclic) bond motifs is 3. The lowest BCUT2D eigenvalue weighted by Crippen LogP contribution is -2.43. The second-order valence-corrected chi connectivity index (χ2v) is 9.98.